The number of nitrogens with one attached hydrogen (secondary N) is 1. The molecule has 2 rings (SSSR count). The molecule has 2 aromatic rings. The van der Waals surface area contributed by atoms with Gasteiger partial charge in [0, 0.05) is 28.7 Å². The minimum atomic E-state index is 0.0694. The molecule has 1 aromatic heterocycles. The van der Waals surface area contributed by atoms with E-state index in [2.05, 4.69) is 10.3 Å². The van der Waals surface area contributed by atoms with E-state index in [-0.39, 0.29) is 16.8 Å². The van der Waals surface area contributed by atoms with Crippen LogP contribution in [0.25, 0.3) is 0 Å². The number of hydrogen-bond donors (Lipinski definition) is 2. The van der Waals surface area contributed by atoms with Gasteiger partial charge in [0.1, 0.15) is 10.8 Å². The zero-order chi connectivity index (χ0) is 13.1. The number of thiazole rings is 1. The largest absolute Gasteiger partial charge is 0.506 e. The van der Waals surface area contributed by atoms with Gasteiger partial charge in [-0.15, -0.1) is 11.3 Å². The minimum Gasteiger partial charge on any atom is -0.506 e. The Morgan fingerprint density at radius 2 is 2.22 bits per heavy atom. The third kappa shape index (κ3) is 3.14. The summed E-state index contributed by atoms with van der Waals surface area (Å²) in [6.45, 7) is 2.49. The topological polar surface area (TPSA) is 45.1 Å². The average molecular weight is 303 g/mol. The molecule has 6 heteroatoms. The Bertz CT molecular complexity index is 531. The van der Waals surface area contributed by atoms with E-state index in [1.807, 2.05) is 12.3 Å². The van der Waals surface area contributed by atoms with Crippen molar-refractivity contribution >= 4 is 34.5 Å². The van der Waals surface area contributed by atoms with Gasteiger partial charge in [-0.05, 0) is 19.1 Å². The number of rotatable bonds is 4. The van der Waals surface area contributed by atoms with E-state index in [4.69, 9.17) is 23.2 Å². The number of aromatic hydroxyl groups is 1. The van der Waals surface area contributed by atoms with Crippen LogP contribution in [0.2, 0.25) is 10.0 Å². The first-order valence-corrected chi connectivity index (χ1v) is 7.01. The van der Waals surface area contributed by atoms with Crippen molar-refractivity contribution in [3.8, 4) is 5.75 Å². The summed E-state index contributed by atoms with van der Waals surface area (Å²) < 4.78 is 0. The van der Waals surface area contributed by atoms with Gasteiger partial charge in [0.15, 0.2) is 0 Å². The maximum absolute atomic E-state index is 9.82. The first-order valence-electron chi connectivity index (χ1n) is 5.37. The second-order valence-corrected chi connectivity index (χ2v) is 5.64. The van der Waals surface area contributed by atoms with E-state index in [0.717, 1.165) is 5.01 Å². The molecule has 0 fully saturated rings. The van der Waals surface area contributed by atoms with Crippen LogP contribution in [0.5, 0.6) is 5.75 Å². The number of hydrogen-bond acceptors (Lipinski definition) is 4. The summed E-state index contributed by atoms with van der Waals surface area (Å²) in [4.78, 5) is 4.23. The molecule has 3 nitrogen and oxygen atoms in total. The van der Waals surface area contributed by atoms with Gasteiger partial charge in [-0.1, -0.05) is 23.2 Å². The van der Waals surface area contributed by atoms with E-state index in [1.165, 1.54) is 6.07 Å². The smallest absolute Gasteiger partial charge is 0.138 e. The third-order valence-electron chi connectivity index (χ3n) is 2.53. The van der Waals surface area contributed by atoms with Gasteiger partial charge in [-0.2, -0.15) is 0 Å². The summed E-state index contributed by atoms with van der Waals surface area (Å²) in [5.41, 5.74) is 0.677. The highest BCUT2D eigenvalue weighted by atomic mass is 35.5. The Balaban J connectivity index is 2.06. The molecule has 1 aromatic carbocycles. The number of benzene rings is 1. The lowest BCUT2D eigenvalue weighted by Gasteiger charge is -2.13. The average Bonchev–Trinajstić information content (AvgIpc) is 2.85. The molecule has 0 amide bonds. The molecule has 2 N–H and O–H groups in total. The van der Waals surface area contributed by atoms with Crippen molar-refractivity contribution in [1.82, 2.24) is 10.3 Å². The lowest BCUT2D eigenvalue weighted by molar-refractivity contribution is 0.460. The molecule has 1 heterocycles. The molecule has 0 aliphatic carbocycles. The molecular formula is C12H12Cl2N2OS. The highest BCUT2D eigenvalue weighted by molar-refractivity contribution is 7.09. The fourth-order valence-corrected chi connectivity index (χ4v) is 2.76. The maximum atomic E-state index is 9.82. The predicted octanol–water partition coefficient (Wildman–Crippen LogP) is 4.01. The van der Waals surface area contributed by atoms with Gasteiger partial charge >= 0.3 is 0 Å². The monoisotopic (exact) mass is 302 g/mol. The van der Waals surface area contributed by atoms with Gasteiger partial charge < -0.3 is 10.4 Å². The molecular weight excluding hydrogens is 291 g/mol. The Kier molecular flexibility index (Phi) is 4.45. The van der Waals surface area contributed by atoms with Crippen molar-refractivity contribution in [3.63, 3.8) is 0 Å². The predicted molar refractivity (Wildman–Crippen MR) is 75.5 cm³/mol. The van der Waals surface area contributed by atoms with E-state index in [1.54, 1.807) is 23.6 Å². The number of phenolic OH excluding ortho intramolecular Hbond substituents is 1. The Labute approximate surface area is 119 Å². The summed E-state index contributed by atoms with van der Waals surface area (Å²) in [5.74, 6) is 0.0694. The quantitative estimate of drug-likeness (QED) is 0.897. The Hall–Kier alpha value is -0.810. The van der Waals surface area contributed by atoms with Crippen LogP contribution in [-0.2, 0) is 6.54 Å². The zero-order valence-electron chi connectivity index (χ0n) is 9.65. The molecule has 96 valence electrons. The Morgan fingerprint density at radius 1 is 1.44 bits per heavy atom. The highest BCUT2D eigenvalue weighted by Gasteiger charge is 2.11. The van der Waals surface area contributed by atoms with Crippen LogP contribution in [0.15, 0.2) is 23.7 Å². The van der Waals surface area contributed by atoms with Gasteiger partial charge in [0.25, 0.3) is 0 Å². The minimum absolute atomic E-state index is 0.0694. The van der Waals surface area contributed by atoms with Crippen molar-refractivity contribution in [3.05, 3.63) is 44.3 Å². The first-order chi connectivity index (χ1) is 8.58. The first kappa shape index (κ1) is 13.6. The fourth-order valence-electron chi connectivity index (χ4n) is 1.55. The lowest BCUT2D eigenvalue weighted by Crippen LogP contribution is -2.18. The number of phenols is 1. The van der Waals surface area contributed by atoms with Crippen molar-refractivity contribution in [2.75, 3.05) is 0 Å². The fraction of sp³-hybridized carbons (Fsp3) is 0.250. The van der Waals surface area contributed by atoms with E-state index < -0.39 is 0 Å². The van der Waals surface area contributed by atoms with Gasteiger partial charge in [0.05, 0.1) is 11.1 Å². The second kappa shape index (κ2) is 5.89. The molecule has 0 saturated heterocycles. The third-order valence-corrected chi connectivity index (χ3v) is 3.99. The van der Waals surface area contributed by atoms with Crippen LogP contribution >= 0.6 is 34.5 Å². The summed E-state index contributed by atoms with van der Waals surface area (Å²) in [7, 11) is 0. The summed E-state index contributed by atoms with van der Waals surface area (Å²) in [6.07, 6.45) is 1.77. The van der Waals surface area contributed by atoms with Crippen LogP contribution in [0.3, 0.4) is 0 Å². The van der Waals surface area contributed by atoms with E-state index in [9.17, 15) is 5.11 Å². The van der Waals surface area contributed by atoms with E-state index in [0.29, 0.717) is 17.1 Å². The molecule has 18 heavy (non-hydrogen) atoms. The maximum Gasteiger partial charge on any atom is 0.138 e. The molecule has 1 unspecified atom stereocenters. The molecule has 0 spiro atoms. The Morgan fingerprint density at radius 3 is 2.89 bits per heavy atom. The summed E-state index contributed by atoms with van der Waals surface area (Å²) in [6, 6.07) is 3.33. The van der Waals surface area contributed by atoms with Crippen LogP contribution in [0, 0.1) is 0 Å². The normalized spacial score (nSPS) is 12.6. The molecule has 0 aliphatic heterocycles. The van der Waals surface area contributed by atoms with Crippen molar-refractivity contribution < 1.29 is 5.11 Å². The standard InChI is InChI=1S/C12H12Cl2N2OS/c1-7(12-15-2-3-18-12)16-6-8-4-9(13)5-10(14)11(8)17/h2-5,7,16-17H,6H2,1H3. The number of aromatic nitrogens is 1. The molecule has 1 atom stereocenters. The lowest BCUT2D eigenvalue weighted by atomic mass is 10.2. The molecule has 0 radical (unpaired) electrons. The zero-order valence-corrected chi connectivity index (χ0v) is 12.0. The van der Waals surface area contributed by atoms with Crippen LogP contribution in [0.1, 0.15) is 23.5 Å². The van der Waals surface area contributed by atoms with Crippen molar-refractivity contribution in [1.29, 1.82) is 0 Å². The number of nitrogens with zero attached hydrogens (tertiary/aromatic N) is 1. The summed E-state index contributed by atoms with van der Waals surface area (Å²) >= 11 is 13.4. The highest BCUT2D eigenvalue weighted by Crippen LogP contribution is 2.31. The van der Waals surface area contributed by atoms with Crippen LogP contribution in [-0.4, -0.2) is 10.1 Å². The molecule has 0 bridgehead atoms. The molecule has 0 saturated carbocycles. The second-order valence-electron chi connectivity index (χ2n) is 3.87. The van der Waals surface area contributed by atoms with Gasteiger partial charge in [0.2, 0.25) is 0 Å². The van der Waals surface area contributed by atoms with Crippen molar-refractivity contribution in [2.24, 2.45) is 0 Å². The van der Waals surface area contributed by atoms with Gasteiger partial charge in [-0.3, -0.25) is 0 Å². The van der Waals surface area contributed by atoms with Gasteiger partial charge in [-0.25, -0.2) is 4.98 Å². The number of halogens is 2. The van der Waals surface area contributed by atoms with Crippen LogP contribution in [0.4, 0.5) is 0 Å². The van der Waals surface area contributed by atoms with Crippen LogP contribution < -0.4 is 5.32 Å². The van der Waals surface area contributed by atoms with E-state index >= 15 is 0 Å². The molecule has 0 aliphatic rings. The SMILES string of the molecule is CC(NCc1cc(Cl)cc(Cl)c1O)c1nccs1. The van der Waals surface area contributed by atoms with Crippen molar-refractivity contribution in [2.45, 2.75) is 19.5 Å². The summed E-state index contributed by atoms with van der Waals surface area (Å²) in [5, 5.41) is 16.8.